The third-order valence-electron chi connectivity index (χ3n) is 9.20. The van der Waals surface area contributed by atoms with Crippen LogP contribution in [0.1, 0.15) is 87.2 Å². The number of aromatic nitrogens is 2. The van der Waals surface area contributed by atoms with Crippen LogP contribution in [0.2, 0.25) is 0 Å². The summed E-state index contributed by atoms with van der Waals surface area (Å²) >= 11 is 0. The maximum atomic E-state index is 13.7. The highest BCUT2D eigenvalue weighted by Crippen LogP contribution is 2.47. The number of piperidine rings is 2. The van der Waals surface area contributed by atoms with E-state index in [-0.39, 0.29) is 11.7 Å². The lowest BCUT2D eigenvalue weighted by molar-refractivity contribution is -0.0486. The summed E-state index contributed by atoms with van der Waals surface area (Å²) in [5.41, 5.74) is 10.0. The highest BCUT2D eigenvalue weighted by molar-refractivity contribution is 5.94. The summed E-state index contributed by atoms with van der Waals surface area (Å²) in [4.78, 5) is 44.7. The number of carbonyl (C=O) groups is 2. The Hall–Kier alpha value is -2.94. The predicted octanol–water partition coefficient (Wildman–Crippen LogP) is 3.24. The summed E-state index contributed by atoms with van der Waals surface area (Å²) in [5.74, 6) is 1.02. The van der Waals surface area contributed by atoms with E-state index in [9.17, 15) is 14.4 Å². The molecule has 36 heavy (non-hydrogen) atoms. The summed E-state index contributed by atoms with van der Waals surface area (Å²) in [6.45, 7) is 0. The third kappa shape index (κ3) is 4.27. The van der Waals surface area contributed by atoms with Crippen molar-refractivity contribution in [3.63, 3.8) is 0 Å². The van der Waals surface area contributed by atoms with Gasteiger partial charge in [0, 0.05) is 24.2 Å². The van der Waals surface area contributed by atoms with Crippen molar-refractivity contribution >= 4 is 23.0 Å². The molecule has 0 spiro atoms. The van der Waals surface area contributed by atoms with Crippen LogP contribution in [-0.2, 0) is 0 Å². The molecule has 2 aliphatic heterocycles. The van der Waals surface area contributed by atoms with Crippen LogP contribution in [0.5, 0.6) is 0 Å². The Morgan fingerprint density at radius 3 is 2.19 bits per heavy atom. The molecule has 9 nitrogen and oxygen atoms in total. The molecule has 4 bridgehead atoms. The van der Waals surface area contributed by atoms with Crippen molar-refractivity contribution in [1.82, 2.24) is 25.3 Å². The number of hydrazine groups is 1. The maximum Gasteiger partial charge on any atom is 0.330 e. The molecule has 192 valence electrons. The first-order valence-electron chi connectivity index (χ1n) is 13.6. The minimum Gasteiger partial charge on any atom is -0.350 e. The summed E-state index contributed by atoms with van der Waals surface area (Å²) < 4.78 is 1.81. The summed E-state index contributed by atoms with van der Waals surface area (Å²) in [6.07, 6.45) is 13.7. The van der Waals surface area contributed by atoms with E-state index in [1.54, 1.807) is 4.57 Å². The molecule has 2 unspecified atom stereocenters. The van der Waals surface area contributed by atoms with Crippen molar-refractivity contribution in [3.8, 4) is 0 Å². The Kier molecular flexibility index (Phi) is 6.19. The van der Waals surface area contributed by atoms with E-state index >= 15 is 0 Å². The number of rotatable bonds is 3. The molecular weight excluding hydrogens is 456 g/mol. The largest absolute Gasteiger partial charge is 0.350 e. The number of benzene rings is 1. The van der Waals surface area contributed by atoms with Gasteiger partial charge in [0.25, 0.3) is 11.5 Å². The topological polar surface area (TPSA) is 122 Å². The molecule has 4 aliphatic rings. The van der Waals surface area contributed by atoms with Crippen LogP contribution in [0.15, 0.2) is 29.1 Å². The Labute approximate surface area is 210 Å². The van der Waals surface area contributed by atoms with Crippen molar-refractivity contribution in [2.45, 2.75) is 94.8 Å². The fraction of sp³-hybridized carbons (Fsp3) is 0.630. The summed E-state index contributed by atoms with van der Waals surface area (Å²) in [5, 5.41) is 0. The van der Waals surface area contributed by atoms with Crippen LogP contribution in [0.4, 0.5) is 4.79 Å². The number of primary amides is 1. The van der Waals surface area contributed by atoms with Crippen LogP contribution >= 0.6 is 0 Å². The zero-order chi connectivity index (χ0) is 24.8. The molecular formula is C27H36N6O3. The second kappa shape index (κ2) is 9.50. The average molecular weight is 493 g/mol. The molecule has 1 aromatic carbocycles. The molecule has 2 aromatic rings. The summed E-state index contributed by atoms with van der Waals surface area (Å²) in [7, 11) is 0. The van der Waals surface area contributed by atoms with Gasteiger partial charge in [-0.2, -0.15) is 0 Å². The SMILES string of the molecule is NC(=O)NNC(=O)c1nc2ccccc2n(C2C[C@H]3CCC[C@@H](C2)N3C2C[C@H]3CCC[C@@H](C2)C3)c1=O. The van der Waals surface area contributed by atoms with Gasteiger partial charge in [0.1, 0.15) is 0 Å². The van der Waals surface area contributed by atoms with Gasteiger partial charge in [-0.1, -0.05) is 37.8 Å². The molecule has 0 radical (unpaired) electrons. The van der Waals surface area contributed by atoms with Gasteiger partial charge < -0.3 is 10.3 Å². The first-order valence-corrected chi connectivity index (χ1v) is 13.6. The molecule has 6 rings (SSSR count). The Morgan fingerprint density at radius 2 is 1.50 bits per heavy atom. The minimum absolute atomic E-state index is 0.00990. The molecule has 4 fully saturated rings. The van der Waals surface area contributed by atoms with Crippen molar-refractivity contribution < 1.29 is 9.59 Å². The molecule has 3 heterocycles. The van der Waals surface area contributed by atoms with E-state index in [1.165, 1.54) is 57.8 Å². The van der Waals surface area contributed by atoms with Crippen molar-refractivity contribution in [3.05, 3.63) is 40.3 Å². The quantitative estimate of drug-likeness (QED) is 0.568. The number of urea groups is 1. The van der Waals surface area contributed by atoms with E-state index in [4.69, 9.17) is 5.73 Å². The molecule has 3 amide bonds. The highest BCUT2D eigenvalue weighted by Gasteiger charge is 2.45. The zero-order valence-corrected chi connectivity index (χ0v) is 20.7. The van der Waals surface area contributed by atoms with Crippen LogP contribution in [0, 0.1) is 11.8 Å². The minimum atomic E-state index is -0.906. The number of nitrogens with one attached hydrogen (secondary N) is 2. The number of fused-ring (bicyclic) bond motifs is 5. The third-order valence-corrected chi connectivity index (χ3v) is 9.20. The number of nitrogens with zero attached hydrogens (tertiary/aromatic N) is 3. The number of amides is 3. The van der Waals surface area contributed by atoms with Gasteiger partial charge in [0.05, 0.1) is 11.0 Å². The van der Waals surface area contributed by atoms with Crippen LogP contribution in [-0.4, -0.2) is 44.5 Å². The van der Waals surface area contributed by atoms with E-state index < -0.39 is 17.5 Å². The molecule has 2 saturated heterocycles. The average Bonchev–Trinajstić information content (AvgIpc) is 2.86. The lowest BCUT2D eigenvalue weighted by atomic mass is 9.68. The summed E-state index contributed by atoms with van der Waals surface area (Å²) in [6, 6.07) is 8.22. The van der Waals surface area contributed by atoms with Gasteiger partial charge in [0.2, 0.25) is 0 Å². The van der Waals surface area contributed by atoms with Gasteiger partial charge in [-0.25, -0.2) is 15.2 Å². The van der Waals surface area contributed by atoms with E-state index in [0.29, 0.717) is 23.6 Å². The van der Waals surface area contributed by atoms with E-state index in [2.05, 4.69) is 20.7 Å². The highest BCUT2D eigenvalue weighted by atomic mass is 16.2. The first kappa shape index (κ1) is 23.5. The second-order valence-electron chi connectivity index (χ2n) is 11.4. The second-order valence-corrected chi connectivity index (χ2v) is 11.4. The van der Waals surface area contributed by atoms with Gasteiger partial charge in [-0.3, -0.25) is 19.9 Å². The van der Waals surface area contributed by atoms with Crippen molar-refractivity contribution in [1.29, 1.82) is 0 Å². The number of carbonyl (C=O) groups excluding carboxylic acids is 2. The van der Waals surface area contributed by atoms with E-state index in [1.807, 2.05) is 24.3 Å². The molecule has 1 aromatic heterocycles. The Morgan fingerprint density at radius 1 is 0.833 bits per heavy atom. The first-order chi connectivity index (χ1) is 17.5. The molecule has 6 atom stereocenters. The lowest BCUT2D eigenvalue weighted by Crippen LogP contribution is -2.58. The standard InChI is InChI=1S/C27H36N6O3/c28-27(36)31-30-25(34)24-26(35)33(23-10-2-1-9-22(23)29-24)21-14-18-7-4-8-19(15-21)32(18)20-12-16-5-3-6-17(11-16)13-20/h1-2,9-10,16-21H,3-8,11-15H2,(H,30,34)(H3,28,31,36)/t16-,17+,18-,19+,20?,21?. The number of nitrogens with two attached hydrogens (primary N) is 1. The fourth-order valence-electron chi connectivity index (χ4n) is 7.98. The normalized spacial score (nSPS) is 32.1. The number of hydrogen-bond acceptors (Lipinski definition) is 5. The molecule has 2 saturated carbocycles. The Balaban J connectivity index is 1.32. The molecule has 9 heteroatoms. The van der Waals surface area contributed by atoms with Crippen LogP contribution < -0.4 is 22.1 Å². The molecule has 2 aliphatic carbocycles. The number of para-hydroxylation sites is 2. The monoisotopic (exact) mass is 492 g/mol. The van der Waals surface area contributed by atoms with Gasteiger partial charge in [-0.15, -0.1) is 0 Å². The van der Waals surface area contributed by atoms with E-state index in [0.717, 1.165) is 30.2 Å². The smallest absolute Gasteiger partial charge is 0.330 e. The predicted molar refractivity (Wildman–Crippen MR) is 136 cm³/mol. The Bertz CT molecular complexity index is 1200. The fourth-order valence-corrected chi connectivity index (χ4v) is 7.98. The van der Waals surface area contributed by atoms with Gasteiger partial charge >= 0.3 is 6.03 Å². The van der Waals surface area contributed by atoms with Crippen molar-refractivity contribution in [2.24, 2.45) is 17.6 Å². The van der Waals surface area contributed by atoms with Crippen LogP contribution in [0.25, 0.3) is 11.0 Å². The number of hydrogen-bond donors (Lipinski definition) is 3. The maximum absolute atomic E-state index is 13.7. The van der Waals surface area contributed by atoms with Gasteiger partial charge in [-0.05, 0) is 68.9 Å². The molecule has 4 N–H and O–H groups in total. The zero-order valence-electron chi connectivity index (χ0n) is 20.7. The van der Waals surface area contributed by atoms with Crippen LogP contribution in [0.3, 0.4) is 0 Å². The van der Waals surface area contributed by atoms with Crippen molar-refractivity contribution in [2.75, 3.05) is 0 Å². The van der Waals surface area contributed by atoms with Gasteiger partial charge in [0.15, 0.2) is 5.69 Å². The lowest BCUT2D eigenvalue weighted by Gasteiger charge is -2.55.